The second-order valence-electron chi connectivity index (χ2n) is 5.32. The maximum atomic E-state index is 12.2. The monoisotopic (exact) mass is 308 g/mol. The quantitative estimate of drug-likeness (QED) is 0.800. The van der Waals surface area contributed by atoms with Crippen LogP contribution in [0.4, 0.5) is 0 Å². The number of benzene rings is 1. The molecule has 0 spiro atoms. The molecular formula is C16H24N2O4. The van der Waals surface area contributed by atoms with Crippen LogP contribution in [-0.2, 0) is 16.1 Å². The normalized spacial score (nSPS) is 11.7. The average molecular weight is 308 g/mol. The van der Waals surface area contributed by atoms with Crippen LogP contribution in [0, 0.1) is 5.92 Å². The lowest BCUT2D eigenvalue weighted by atomic mass is 10.0. The number of carbonyl (C=O) groups excluding carboxylic acids is 2. The Labute approximate surface area is 131 Å². The van der Waals surface area contributed by atoms with Gasteiger partial charge < -0.3 is 20.1 Å². The highest BCUT2D eigenvalue weighted by Gasteiger charge is 2.22. The number of ether oxygens (including phenoxy) is 2. The molecule has 0 heterocycles. The molecule has 1 aromatic carbocycles. The molecule has 6 nitrogen and oxygen atoms in total. The summed E-state index contributed by atoms with van der Waals surface area (Å²) in [6, 6.07) is 4.84. The van der Waals surface area contributed by atoms with Gasteiger partial charge >= 0.3 is 0 Å². The Hall–Kier alpha value is -2.24. The highest BCUT2D eigenvalue weighted by Crippen LogP contribution is 2.24. The minimum Gasteiger partial charge on any atom is -0.497 e. The molecule has 6 heteroatoms. The minimum atomic E-state index is -0.554. The van der Waals surface area contributed by atoms with Crippen molar-refractivity contribution in [1.82, 2.24) is 10.6 Å². The molecule has 2 amide bonds. The zero-order valence-electron chi connectivity index (χ0n) is 13.7. The summed E-state index contributed by atoms with van der Waals surface area (Å²) >= 11 is 0. The molecule has 122 valence electrons. The fraction of sp³-hybridized carbons (Fsp3) is 0.500. The van der Waals surface area contributed by atoms with Gasteiger partial charge in [0.2, 0.25) is 11.8 Å². The van der Waals surface area contributed by atoms with Crippen molar-refractivity contribution in [3.63, 3.8) is 0 Å². The Kier molecular flexibility index (Phi) is 6.69. The van der Waals surface area contributed by atoms with E-state index in [-0.39, 0.29) is 17.7 Å². The first-order valence-corrected chi connectivity index (χ1v) is 7.14. The Bertz CT molecular complexity index is 529. The van der Waals surface area contributed by atoms with Crippen molar-refractivity contribution < 1.29 is 19.1 Å². The molecule has 0 aromatic heterocycles. The molecule has 1 atom stereocenters. The van der Waals surface area contributed by atoms with Gasteiger partial charge in [-0.2, -0.15) is 0 Å². The van der Waals surface area contributed by atoms with E-state index in [1.54, 1.807) is 26.4 Å². The van der Waals surface area contributed by atoms with Crippen molar-refractivity contribution in [2.45, 2.75) is 33.4 Å². The molecule has 1 unspecified atom stereocenters. The van der Waals surface area contributed by atoms with Crippen molar-refractivity contribution in [2.75, 3.05) is 14.2 Å². The van der Waals surface area contributed by atoms with Gasteiger partial charge in [-0.05, 0) is 18.1 Å². The van der Waals surface area contributed by atoms with E-state index in [4.69, 9.17) is 9.47 Å². The van der Waals surface area contributed by atoms with E-state index in [1.807, 2.05) is 19.9 Å². The summed E-state index contributed by atoms with van der Waals surface area (Å²) < 4.78 is 10.4. The molecule has 0 aliphatic carbocycles. The van der Waals surface area contributed by atoms with Crippen LogP contribution in [0.15, 0.2) is 18.2 Å². The Morgan fingerprint density at radius 3 is 2.36 bits per heavy atom. The van der Waals surface area contributed by atoms with Crippen LogP contribution in [0.5, 0.6) is 11.5 Å². The largest absolute Gasteiger partial charge is 0.497 e. The number of hydrogen-bond acceptors (Lipinski definition) is 4. The second kappa shape index (κ2) is 8.26. The third kappa shape index (κ3) is 4.95. The van der Waals surface area contributed by atoms with E-state index in [9.17, 15) is 9.59 Å². The highest BCUT2D eigenvalue weighted by atomic mass is 16.5. The summed E-state index contributed by atoms with van der Waals surface area (Å²) in [7, 11) is 3.14. The van der Waals surface area contributed by atoms with Crippen molar-refractivity contribution in [2.24, 2.45) is 5.92 Å². The lowest BCUT2D eigenvalue weighted by Crippen LogP contribution is -2.48. The van der Waals surface area contributed by atoms with Gasteiger partial charge in [0.1, 0.15) is 17.5 Å². The van der Waals surface area contributed by atoms with Gasteiger partial charge in [-0.1, -0.05) is 13.8 Å². The Morgan fingerprint density at radius 1 is 1.18 bits per heavy atom. The van der Waals surface area contributed by atoms with Crippen LogP contribution in [-0.4, -0.2) is 32.1 Å². The van der Waals surface area contributed by atoms with Crippen LogP contribution in [0.2, 0.25) is 0 Å². The molecule has 0 fully saturated rings. The molecule has 0 saturated heterocycles. The summed E-state index contributed by atoms with van der Waals surface area (Å²) in [6.07, 6.45) is 0. The summed E-state index contributed by atoms with van der Waals surface area (Å²) in [4.78, 5) is 23.4. The maximum absolute atomic E-state index is 12.2. The van der Waals surface area contributed by atoms with Crippen molar-refractivity contribution >= 4 is 11.8 Å². The first kappa shape index (κ1) is 17.8. The van der Waals surface area contributed by atoms with E-state index in [2.05, 4.69) is 10.6 Å². The number of methoxy groups -OCH3 is 2. The highest BCUT2D eigenvalue weighted by molar-refractivity contribution is 5.87. The summed E-state index contributed by atoms with van der Waals surface area (Å²) in [5.74, 6) is 0.881. The number of rotatable bonds is 7. The van der Waals surface area contributed by atoms with E-state index >= 15 is 0 Å². The molecule has 0 aliphatic heterocycles. The molecule has 2 N–H and O–H groups in total. The summed E-state index contributed by atoms with van der Waals surface area (Å²) in [5, 5.41) is 5.48. The molecule has 1 rings (SSSR count). The predicted octanol–water partition coefficient (Wildman–Crippen LogP) is 1.48. The van der Waals surface area contributed by atoms with Crippen molar-refractivity contribution in [1.29, 1.82) is 0 Å². The van der Waals surface area contributed by atoms with Crippen LogP contribution < -0.4 is 20.1 Å². The number of carbonyl (C=O) groups is 2. The first-order valence-electron chi connectivity index (χ1n) is 7.14. The topological polar surface area (TPSA) is 76.7 Å². The van der Waals surface area contributed by atoms with Gasteiger partial charge in [-0.25, -0.2) is 0 Å². The summed E-state index contributed by atoms with van der Waals surface area (Å²) in [6.45, 7) is 5.48. The zero-order chi connectivity index (χ0) is 16.7. The minimum absolute atomic E-state index is 0.00154. The Balaban J connectivity index is 2.75. The fourth-order valence-electron chi connectivity index (χ4n) is 2.04. The number of nitrogens with one attached hydrogen (secondary N) is 2. The average Bonchev–Trinajstić information content (AvgIpc) is 2.49. The van der Waals surface area contributed by atoms with Crippen molar-refractivity contribution in [3.05, 3.63) is 23.8 Å². The van der Waals surface area contributed by atoms with Crippen LogP contribution in [0.1, 0.15) is 26.3 Å². The van der Waals surface area contributed by atoms with E-state index < -0.39 is 6.04 Å². The van der Waals surface area contributed by atoms with Crippen LogP contribution in [0.25, 0.3) is 0 Å². The van der Waals surface area contributed by atoms with E-state index in [0.717, 1.165) is 5.56 Å². The molecule has 0 saturated carbocycles. The van der Waals surface area contributed by atoms with Crippen molar-refractivity contribution in [3.8, 4) is 11.5 Å². The van der Waals surface area contributed by atoms with Gasteiger partial charge in [-0.3, -0.25) is 9.59 Å². The molecular weight excluding hydrogens is 284 g/mol. The van der Waals surface area contributed by atoms with Gasteiger partial charge in [0.15, 0.2) is 0 Å². The third-order valence-corrected chi connectivity index (χ3v) is 3.26. The lowest BCUT2D eigenvalue weighted by Gasteiger charge is -2.21. The van der Waals surface area contributed by atoms with E-state index in [0.29, 0.717) is 18.0 Å². The number of amides is 2. The van der Waals surface area contributed by atoms with Gasteiger partial charge in [0.25, 0.3) is 0 Å². The molecule has 22 heavy (non-hydrogen) atoms. The molecule has 0 aliphatic rings. The SMILES string of the molecule is COc1ccc(CNC(=O)C(NC(C)=O)C(C)C)c(OC)c1. The summed E-state index contributed by atoms with van der Waals surface area (Å²) in [5.41, 5.74) is 0.835. The molecule has 0 radical (unpaired) electrons. The standard InChI is InChI=1S/C16H24N2O4/c1-10(2)15(18-11(3)19)16(20)17-9-12-6-7-13(21-4)8-14(12)22-5/h6-8,10,15H,9H2,1-5H3,(H,17,20)(H,18,19). The maximum Gasteiger partial charge on any atom is 0.243 e. The first-order chi connectivity index (χ1) is 10.4. The van der Waals surface area contributed by atoms with Gasteiger partial charge in [-0.15, -0.1) is 0 Å². The lowest BCUT2D eigenvalue weighted by molar-refractivity contribution is -0.129. The Morgan fingerprint density at radius 2 is 1.86 bits per heavy atom. The second-order valence-corrected chi connectivity index (χ2v) is 5.32. The predicted molar refractivity (Wildman–Crippen MR) is 83.8 cm³/mol. The van der Waals surface area contributed by atoms with E-state index in [1.165, 1.54) is 6.92 Å². The van der Waals surface area contributed by atoms with Gasteiger partial charge in [0, 0.05) is 25.1 Å². The van der Waals surface area contributed by atoms with Crippen LogP contribution in [0.3, 0.4) is 0 Å². The zero-order valence-corrected chi connectivity index (χ0v) is 13.7. The smallest absolute Gasteiger partial charge is 0.243 e. The number of hydrogen-bond donors (Lipinski definition) is 2. The van der Waals surface area contributed by atoms with Gasteiger partial charge in [0.05, 0.1) is 14.2 Å². The fourth-order valence-corrected chi connectivity index (χ4v) is 2.04. The third-order valence-electron chi connectivity index (χ3n) is 3.26. The molecule has 0 bridgehead atoms. The molecule has 1 aromatic rings. The van der Waals surface area contributed by atoms with Crippen LogP contribution >= 0.6 is 0 Å².